The number of nitrogens with two attached hydrogens (primary N) is 1. The third kappa shape index (κ3) is 3.77. The van der Waals surface area contributed by atoms with Crippen molar-refractivity contribution in [1.82, 2.24) is 19.6 Å². The summed E-state index contributed by atoms with van der Waals surface area (Å²) in [5.41, 5.74) is 6.28. The van der Waals surface area contributed by atoms with Crippen molar-refractivity contribution in [2.45, 2.75) is 38.1 Å². The van der Waals surface area contributed by atoms with Crippen molar-refractivity contribution >= 4 is 11.8 Å². The van der Waals surface area contributed by atoms with Gasteiger partial charge in [0.05, 0.1) is 24.2 Å². The molecular formula is C17H27N5O2. The average molecular weight is 333 g/mol. The fourth-order valence-electron chi connectivity index (χ4n) is 3.97. The number of nitrogens with zero attached hydrogens (tertiary/aromatic N) is 4. The molecule has 2 amide bonds. The van der Waals surface area contributed by atoms with Crippen LogP contribution in [0.4, 0.5) is 0 Å². The van der Waals surface area contributed by atoms with Crippen molar-refractivity contribution in [3.63, 3.8) is 0 Å². The lowest BCUT2D eigenvalue weighted by molar-refractivity contribution is -0.142. The lowest BCUT2D eigenvalue weighted by Crippen LogP contribution is -2.48. The first kappa shape index (κ1) is 17.0. The maximum absolute atomic E-state index is 13.1. The van der Waals surface area contributed by atoms with Crippen molar-refractivity contribution in [2.24, 2.45) is 18.7 Å². The maximum Gasteiger partial charge on any atom is 0.231 e. The molecule has 2 atom stereocenters. The van der Waals surface area contributed by atoms with Crippen molar-refractivity contribution in [3.8, 4) is 0 Å². The summed E-state index contributed by atoms with van der Waals surface area (Å²) in [5.74, 6) is -0.158. The summed E-state index contributed by atoms with van der Waals surface area (Å²) < 4.78 is 1.79. The van der Waals surface area contributed by atoms with Gasteiger partial charge in [0.1, 0.15) is 0 Å². The highest BCUT2D eigenvalue weighted by atomic mass is 16.2. The Labute approximate surface area is 142 Å². The predicted molar refractivity (Wildman–Crippen MR) is 89.9 cm³/mol. The summed E-state index contributed by atoms with van der Waals surface area (Å²) in [5, 5.41) is 4.52. The first-order valence-electron chi connectivity index (χ1n) is 8.85. The molecule has 2 fully saturated rings. The highest BCUT2D eigenvalue weighted by molar-refractivity contribution is 5.80. The molecule has 1 aromatic heterocycles. The first-order chi connectivity index (χ1) is 11.5. The molecular weight excluding hydrogens is 306 g/mol. The van der Waals surface area contributed by atoms with Crippen LogP contribution in [0.3, 0.4) is 0 Å². The Kier molecular flexibility index (Phi) is 5.18. The first-order valence-corrected chi connectivity index (χ1v) is 8.85. The van der Waals surface area contributed by atoms with Crippen LogP contribution < -0.4 is 5.73 Å². The summed E-state index contributed by atoms with van der Waals surface area (Å²) in [6.45, 7) is 2.52. The second-order valence-corrected chi connectivity index (χ2v) is 7.00. The highest BCUT2D eigenvalue weighted by Gasteiger charge is 2.35. The van der Waals surface area contributed by atoms with E-state index in [9.17, 15) is 9.59 Å². The largest absolute Gasteiger partial charge is 0.369 e. The monoisotopic (exact) mass is 333 g/mol. The molecule has 2 N–H and O–H groups in total. The molecule has 0 aromatic carbocycles. The SMILES string of the molecule is Cn1ccc(C2CCCCN2C(=O)C2CCCN(CC(N)=O)C2)n1. The standard InChI is InChI=1S/C17H27N5O2/c1-20-10-7-14(19-20)15-6-2-3-9-22(15)17(24)13-5-4-8-21(11-13)12-16(18)23/h7,10,13,15H,2-6,8-9,11-12H2,1H3,(H2,18,23). The quantitative estimate of drug-likeness (QED) is 0.878. The van der Waals surface area contributed by atoms with Crippen LogP contribution in [0.2, 0.25) is 0 Å². The number of hydrogen-bond donors (Lipinski definition) is 1. The average Bonchev–Trinajstić information content (AvgIpc) is 3.00. The van der Waals surface area contributed by atoms with Crippen LogP contribution in [0.25, 0.3) is 0 Å². The van der Waals surface area contributed by atoms with Gasteiger partial charge in [0.25, 0.3) is 0 Å². The lowest BCUT2D eigenvalue weighted by Gasteiger charge is -2.39. The molecule has 7 nitrogen and oxygen atoms in total. The Morgan fingerprint density at radius 2 is 2.08 bits per heavy atom. The molecule has 0 saturated carbocycles. The third-order valence-corrected chi connectivity index (χ3v) is 5.10. The Bertz CT molecular complexity index is 600. The topological polar surface area (TPSA) is 84.5 Å². The highest BCUT2D eigenvalue weighted by Crippen LogP contribution is 2.32. The van der Waals surface area contributed by atoms with E-state index in [-0.39, 0.29) is 30.3 Å². The van der Waals surface area contributed by atoms with E-state index >= 15 is 0 Å². The van der Waals surface area contributed by atoms with E-state index in [0.717, 1.165) is 50.9 Å². The molecule has 0 radical (unpaired) electrons. The predicted octanol–water partition coefficient (Wildman–Crippen LogP) is 0.671. The van der Waals surface area contributed by atoms with Gasteiger partial charge in [0, 0.05) is 26.3 Å². The molecule has 3 rings (SSSR count). The molecule has 0 spiro atoms. The van der Waals surface area contributed by atoms with E-state index in [1.165, 1.54) is 0 Å². The zero-order valence-corrected chi connectivity index (χ0v) is 14.4. The van der Waals surface area contributed by atoms with Crippen molar-refractivity contribution in [2.75, 3.05) is 26.2 Å². The van der Waals surface area contributed by atoms with Crippen molar-refractivity contribution < 1.29 is 9.59 Å². The smallest absolute Gasteiger partial charge is 0.231 e. The maximum atomic E-state index is 13.1. The Balaban J connectivity index is 1.70. The Morgan fingerprint density at radius 1 is 1.25 bits per heavy atom. The number of rotatable bonds is 4. The summed E-state index contributed by atoms with van der Waals surface area (Å²) in [6, 6.07) is 2.09. The molecule has 7 heteroatoms. The van der Waals surface area contributed by atoms with Crippen molar-refractivity contribution in [1.29, 1.82) is 0 Å². The van der Waals surface area contributed by atoms with Gasteiger partial charge in [-0.3, -0.25) is 19.2 Å². The molecule has 24 heavy (non-hydrogen) atoms. The van der Waals surface area contributed by atoms with Crippen LogP contribution in [-0.2, 0) is 16.6 Å². The van der Waals surface area contributed by atoms with Crippen molar-refractivity contribution in [3.05, 3.63) is 18.0 Å². The number of aryl methyl sites for hydroxylation is 1. The number of piperidine rings is 2. The molecule has 2 saturated heterocycles. The van der Waals surface area contributed by atoms with E-state index in [0.29, 0.717) is 6.54 Å². The van der Waals surface area contributed by atoms with Gasteiger partial charge in [-0.25, -0.2) is 0 Å². The molecule has 1 aromatic rings. The van der Waals surface area contributed by atoms with Gasteiger partial charge in [-0.1, -0.05) is 0 Å². The van der Waals surface area contributed by atoms with Gasteiger partial charge in [-0.05, 0) is 44.7 Å². The fourth-order valence-corrected chi connectivity index (χ4v) is 3.97. The van der Waals surface area contributed by atoms with E-state index in [4.69, 9.17) is 5.73 Å². The lowest BCUT2D eigenvalue weighted by atomic mass is 9.92. The van der Waals surface area contributed by atoms with E-state index in [1.54, 1.807) is 4.68 Å². The molecule has 2 aliphatic rings. The van der Waals surface area contributed by atoms with E-state index in [1.807, 2.05) is 29.1 Å². The van der Waals surface area contributed by atoms with Gasteiger partial charge in [-0.15, -0.1) is 0 Å². The number of carbonyl (C=O) groups excluding carboxylic acids is 2. The number of carbonyl (C=O) groups is 2. The fraction of sp³-hybridized carbons (Fsp3) is 0.706. The van der Waals surface area contributed by atoms with Gasteiger partial charge in [0.15, 0.2) is 0 Å². The second kappa shape index (κ2) is 7.34. The van der Waals surface area contributed by atoms with Crippen LogP contribution in [0.1, 0.15) is 43.8 Å². The van der Waals surface area contributed by atoms with Crippen LogP contribution >= 0.6 is 0 Å². The van der Waals surface area contributed by atoms with Gasteiger partial charge in [-0.2, -0.15) is 5.10 Å². The minimum atomic E-state index is -0.326. The second-order valence-electron chi connectivity index (χ2n) is 7.00. The van der Waals surface area contributed by atoms with E-state index < -0.39 is 0 Å². The summed E-state index contributed by atoms with van der Waals surface area (Å²) in [7, 11) is 1.90. The Hall–Kier alpha value is -1.89. The van der Waals surface area contributed by atoms with Gasteiger partial charge < -0.3 is 10.6 Å². The number of hydrogen-bond acceptors (Lipinski definition) is 4. The third-order valence-electron chi connectivity index (χ3n) is 5.10. The normalized spacial score (nSPS) is 25.6. The van der Waals surface area contributed by atoms with E-state index in [2.05, 4.69) is 5.10 Å². The van der Waals surface area contributed by atoms with Gasteiger partial charge >= 0.3 is 0 Å². The summed E-state index contributed by atoms with van der Waals surface area (Å²) >= 11 is 0. The number of likely N-dealkylation sites (tertiary alicyclic amines) is 2. The zero-order valence-electron chi connectivity index (χ0n) is 14.4. The minimum Gasteiger partial charge on any atom is -0.369 e. The van der Waals surface area contributed by atoms with Gasteiger partial charge in [0.2, 0.25) is 11.8 Å². The van der Waals surface area contributed by atoms with Crippen LogP contribution in [0, 0.1) is 5.92 Å². The molecule has 132 valence electrons. The number of aromatic nitrogens is 2. The molecule has 2 unspecified atom stereocenters. The van der Waals surface area contributed by atoms with Crippen LogP contribution in [0.5, 0.6) is 0 Å². The number of amides is 2. The molecule has 3 heterocycles. The molecule has 0 aliphatic carbocycles. The number of primary amides is 1. The Morgan fingerprint density at radius 3 is 2.79 bits per heavy atom. The molecule has 2 aliphatic heterocycles. The molecule has 0 bridgehead atoms. The minimum absolute atomic E-state index is 0.0394. The summed E-state index contributed by atoms with van der Waals surface area (Å²) in [6.07, 6.45) is 6.91. The zero-order chi connectivity index (χ0) is 17.1. The van der Waals surface area contributed by atoms with Crippen LogP contribution in [-0.4, -0.2) is 57.6 Å². The summed E-state index contributed by atoms with van der Waals surface area (Å²) in [4.78, 5) is 28.3. The van der Waals surface area contributed by atoms with Crippen LogP contribution in [0.15, 0.2) is 12.3 Å².